The molecule has 2 aromatic rings. The van der Waals surface area contributed by atoms with E-state index in [4.69, 9.17) is 0 Å². The lowest BCUT2D eigenvalue weighted by Gasteiger charge is -2.28. The maximum atomic E-state index is 12.8. The number of nitrogens with zero attached hydrogens (tertiary/aromatic N) is 2. The Bertz CT molecular complexity index is 785. The Kier molecular flexibility index (Phi) is 6.82. The molecule has 1 N–H and O–H groups in total. The largest absolute Gasteiger partial charge is 0.396 e. The summed E-state index contributed by atoms with van der Waals surface area (Å²) in [6.07, 6.45) is 3.46. The van der Waals surface area contributed by atoms with Crippen molar-refractivity contribution in [3.8, 4) is 0 Å². The van der Waals surface area contributed by atoms with Crippen molar-refractivity contribution in [2.75, 3.05) is 26.2 Å². The monoisotopic (exact) mass is 368 g/mol. The van der Waals surface area contributed by atoms with Gasteiger partial charge in [-0.25, -0.2) is 0 Å². The molecule has 0 atom stereocenters. The molecule has 2 aromatic carbocycles. The predicted octanol–water partition coefficient (Wildman–Crippen LogP) is 2.95. The van der Waals surface area contributed by atoms with Crippen LogP contribution in [-0.2, 0) is 16.1 Å². The summed E-state index contributed by atoms with van der Waals surface area (Å²) >= 11 is 0. The molecule has 0 aliphatic carbocycles. The Morgan fingerprint density at radius 1 is 1.11 bits per heavy atom. The molecule has 27 heavy (non-hydrogen) atoms. The SMILES string of the molecule is O=C1CCCCN1CCC(=O)N(CCCO)Cc1cccc2ccccc12. The highest BCUT2D eigenvalue weighted by Gasteiger charge is 2.21. The van der Waals surface area contributed by atoms with Crippen molar-refractivity contribution in [2.45, 2.75) is 38.6 Å². The number of benzene rings is 2. The normalized spacial score (nSPS) is 14.6. The highest BCUT2D eigenvalue weighted by molar-refractivity contribution is 5.86. The van der Waals surface area contributed by atoms with Crippen LogP contribution in [0.4, 0.5) is 0 Å². The van der Waals surface area contributed by atoms with Crippen molar-refractivity contribution < 1.29 is 14.7 Å². The summed E-state index contributed by atoms with van der Waals surface area (Å²) in [5, 5.41) is 11.5. The van der Waals surface area contributed by atoms with Crippen LogP contribution in [-0.4, -0.2) is 53.0 Å². The summed E-state index contributed by atoms with van der Waals surface area (Å²) in [5.74, 6) is 0.194. The van der Waals surface area contributed by atoms with E-state index in [0.29, 0.717) is 38.9 Å². The van der Waals surface area contributed by atoms with Gasteiger partial charge in [-0.1, -0.05) is 42.5 Å². The number of likely N-dealkylation sites (tertiary alicyclic amines) is 1. The second-order valence-corrected chi connectivity index (χ2v) is 7.12. The third kappa shape index (κ3) is 5.07. The molecular formula is C22H28N2O3. The van der Waals surface area contributed by atoms with Gasteiger partial charge in [0, 0.05) is 45.6 Å². The summed E-state index contributed by atoms with van der Waals surface area (Å²) < 4.78 is 0. The van der Waals surface area contributed by atoms with Gasteiger partial charge in [0.05, 0.1) is 0 Å². The Morgan fingerprint density at radius 2 is 1.93 bits per heavy atom. The van der Waals surface area contributed by atoms with E-state index in [0.717, 1.165) is 35.7 Å². The molecule has 1 fully saturated rings. The van der Waals surface area contributed by atoms with Crippen molar-refractivity contribution in [1.82, 2.24) is 9.80 Å². The first-order valence-corrected chi connectivity index (χ1v) is 9.82. The zero-order chi connectivity index (χ0) is 19.1. The first-order chi connectivity index (χ1) is 13.2. The first-order valence-electron chi connectivity index (χ1n) is 9.82. The van der Waals surface area contributed by atoms with Crippen molar-refractivity contribution >= 4 is 22.6 Å². The Labute approximate surface area is 160 Å². The number of aliphatic hydroxyl groups is 1. The number of hydrogen-bond donors (Lipinski definition) is 1. The van der Waals surface area contributed by atoms with Crippen molar-refractivity contribution in [3.05, 3.63) is 48.0 Å². The van der Waals surface area contributed by atoms with E-state index in [2.05, 4.69) is 24.3 Å². The van der Waals surface area contributed by atoms with Gasteiger partial charge in [0.25, 0.3) is 0 Å². The lowest BCUT2D eigenvalue weighted by atomic mass is 10.0. The minimum absolute atomic E-state index is 0.0368. The molecule has 5 nitrogen and oxygen atoms in total. The molecule has 1 aliphatic rings. The number of aliphatic hydroxyl groups excluding tert-OH is 1. The van der Waals surface area contributed by atoms with Crippen molar-refractivity contribution in [2.24, 2.45) is 0 Å². The molecule has 5 heteroatoms. The number of amides is 2. The standard InChI is InChI=1S/C22H28N2O3/c25-16-6-14-24(22(27)12-15-23-13-4-3-11-21(23)26)17-19-9-5-8-18-7-1-2-10-20(18)19/h1-2,5,7-10,25H,3-4,6,11-17H2. The molecule has 0 radical (unpaired) electrons. The van der Waals surface area contributed by atoms with Crippen LogP contribution in [0.5, 0.6) is 0 Å². The molecule has 144 valence electrons. The number of fused-ring (bicyclic) bond motifs is 1. The van der Waals surface area contributed by atoms with Gasteiger partial charge in [-0.2, -0.15) is 0 Å². The van der Waals surface area contributed by atoms with Crippen LogP contribution < -0.4 is 0 Å². The number of carbonyl (C=O) groups excluding carboxylic acids is 2. The predicted molar refractivity (Wildman–Crippen MR) is 106 cm³/mol. The van der Waals surface area contributed by atoms with Crippen LogP contribution in [0.2, 0.25) is 0 Å². The van der Waals surface area contributed by atoms with Gasteiger partial charge < -0.3 is 14.9 Å². The van der Waals surface area contributed by atoms with Crippen LogP contribution in [0, 0.1) is 0 Å². The van der Waals surface area contributed by atoms with Crippen LogP contribution in [0.25, 0.3) is 10.8 Å². The zero-order valence-electron chi connectivity index (χ0n) is 15.8. The first kappa shape index (κ1) is 19.4. The number of piperidine rings is 1. The maximum absolute atomic E-state index is 12.8. The minimum Gasteiger partial charge on any atom is -0.396 e. The summed E-state index contributed by atoms with van der Waals surface area (Å²) in [6, 6.07) is 14.3. The van der Waals surface area contributed by atoms with E-state index in [1.165, 1.54) is 0 Å². The second kappa shape index (κ2) is 9.51. The molecule has 3 rings (SSSR count). The molecule has 1 aliphatic heterocycles. The quantitative estimate of drug-likeness (QED) is 0.779. The summed E-state index contributed by atoms with van der Waals surface area (Å²) in [7, 11) is 0. The smallest absolute Gasteiger partial charge is 0.224 e. The zero-order valence-corrected chi connectivity index (χ0v) is 15.8. The Morgan fingerprint density at radius 3 is 2.74 bits per heavy atom. The fourth-order valence-electron chi connectivity index (χ4n) is 3.68. The van der Waals surface area contributed by atoms with Crippen molar-refractivity contribution in [3.63, 3.8) is 0 Å². The molecule has 0 unspecified atom stereocenters. The van der Waals surface area contributed by atoms with Gasteiger partial charge in [-0.05, 0) is 35.6 Å². The molecular weight excluding hydrogens is 340 g/mol. The highest BCUT2D eigenvalue weighted by atomic mass is 16.3. The highest BCUT2D eigenvalue weighted by Crippen LogP contribution is 2.20. The maximum Gasteiger partial charge on any atom is 0.224 e. The van der Waals surface area contributed by atoms with Crippen molar-refractivity contribution in [1.29, 1.82) is 0 Å². The van der Waals surface area contributed by atoms with Crippen LogP contribution >= 0.6 is 0 Å². The number of rotatable bonds is 8. The molecule has 0 saturated carbocycles. The van der Waals surface area contributed by atoms with Gasteiger partial charge in [-0.15, -0.1) is 0 Å². The lowest BCUT2D eigenvalue weighted by molar-refractivity contribution is -0.136. The summed E-state index contributed by atoms with van der Waals surface area (Å²) in [4.78, 5) is 28.4. The number of carbonyl (C=O) groups is 2. The lowest BCUT2D eigenvalue weighted by Crippen LogP contribution is -2.39. The second-order valence-electron chi connectivity index (χ2n) is 7.12. The summed E-state index contributed by atoms with van der Waals surface area (Å²) in [6.45, 7) is 2.35. The van der Waals surface area contributed by atoms with E-state index < -0.39 is 0 Å². The van der Waals surface area contributed by atoms with Crippen LogP contribution in [0.15, 0.2) is 42.5 Å². The third-order valence-electron chi connectivity index (χ3n) is 5.20. The van der Waals surface area contributed by atoms with E-state index >= 15 is 0 Å². The van der Waals surface area contributed by atoms with Gasteiger partial charge in [0.1, 0.15) is 0 Å². The third-order valence-corrected chi connectivity index (χ3v) is 5.20. The average molecular weight is 368 g/mol. The van der Waals surface area contributed by atoms with E-state index in [-0.39, 0.29) is 18.4 Å². The van der Waals surface area contributed by atoms with Gasteiger partial charge in [0.2, 0.25) is 11.8 Å². The average Bonchev–Trinajstić information content (AvgIpc) is 2.70. The van der Waals surface area contributed by atoms with E-state index in [9.17, 15) is 14.7 Å². The molecule has 0 spiro atoms. The van der Waals surface area contributed by atoms with Gasteiger partial charge in [0.15, 0.2) is 0 Å². The molecule has 2 amide bonds. The molecule has 1 saturated heterocycles. The summed E-state index contributed by atoms with van der Waals surface area (Å²) in [5.41, 5.74) is 1.11. The van der Waals surface area contributed by atoms with E-state index in [1.807, 2.05) is 28.0 Å². The molecule has 1 heterocycles. The fourth-order valence-corrected chi connectivity index (χ4v) is 3.68. The molecule has 0 aromatic heterocycles. The van der Waals surface area contributed by atoms with Gasteiger partial charge in [-0.3, -0.25) is 9.59 Å². The van der Waals surface area contributed by atoms with Gasteiger partial charge >= 0.3 is 0 Å². The minimum atomic E-state index is 0.0368. The topological polar surface area (TPSA) is 60.9 Å². The molecule has 0 bridgehead atoms. The Hall–Kier alpha value is -2.40. The fraction of sp³-hybridized carbons (Fsp3) is 0.455. The van der Waals surface area contributed by atoms with Crippen LogP contribution in [0.3, 0.4) is 0 Å². The van der Waals surface area contributed by atoms with Crippen LogP contribution in [0.1, 0.15) is 37.7 Å². The number of hydrogen-bond acceptors (Lipinski definition) is 3. The Balaban J connectivity index is 1.68. The van der Waals surface area contributed by atoms with E-state index in [1.54, 1.807) is 0 Å².